The first-order valence-electron chi connectivity index (χ1n) is 5.09. The summed E-state index contributed by atoms with van der Waals surface area (Å²) < 4.78 is 0. The largest absolute Gasteiger partial charge is 0.373 e. The molecule has 0 aromatic carbocycles. The zero-order chi connectivity index (χ0) is 9.14. The average molecular weight is 167 g/mol. The first-order chi connectivity index (χ1) is 5.65. The van der Waals surface area contributed by atoms with Crippen LogP contribution in [0, 0.1) is 5.92 Å². The third kappa shape index (κ3) is 2.02. The van der Waals surface area contributed by atoms with Crippen molar-refractivity contribution < 1.29 is 0 Å². The van der Waals surface area contributed by atoms with Crippen molar-refractivity contribution in [3.8, 4) is 0 Å². The first kappa shape index (κ1) is 9.63. The molecule has 0 bridgehead atoms. The minimum absolute atomic E-state index is 0.638. The van der Waals surface area contributed by atoms with Crippen LogP contribution >= 0.6 is 0 Å². The predicted octanol–water partition coefficient (Wildman–Crippen LogP) is 3.03. The van der Waals surface area contributed by atoms with E-state index in [0.717, 1.165) is 5.92 Å². The van der Waals surface area contributed by atoms with Crippen molar-refractivity contribution >= 4 is 0 Å². The Morgan fingerprint density at radius 1 is 1.58 bits per heavy atom. The standard InChI is InChI=1S/C11H21N/c1-5-6-11-7-10(4)12(8-11)9(2)3/h9,11H,4-8H2,1-3H3. The maximum Gasteiger partial charge on any atom is 0.0230 e. The lowest BCUT2D eigenvalue weighted by atomic mass is 10.0. The lowest BCUT2D eigenvalue weighted by Gasteiger charge is -2.24. The summed E-state index contributed by atoms with van der Waals surface area (Å²) in [6.45, 7) is 12.1. The number of hydrogen-bond donors (Lipinski definition) is 0. The zero-order valence-electron chi connectivity index (χ0n) is 8.64. The summed E-state index contributed by atoms with van der Waals surface area (Å²) in [5.41, 5.74) is 1.35. The Morgan fingerprint density at radius 3 is 2.67 bits per heavy atom. The van der Waals surface area contributed by atoms with Crippen LogP contribution in [-0.4, -0.2) is 17.5 Å². The van der Waals surface area contributed by atoms with Gasteiger partial charge in [-0.1, -0.05) is 19.9 Å². The second kappa shape index (κ2) is 3.97. The van der Waals surface area contributed by atoms with Crippen molar-refractivity contribution in [2.75, 3.05) is 6.54 Å². The normalized spacial score (nSPS) is 24.2. The first-order valence-corrected chi connectivity index (χ1v) is 5.09. The molecule has 1 atom stereocenters. The summed E-state index contributed by atoms with van der Waals surface area (Å²) in [6.07, 6.45) is 3.90. The minimum atomic E-state index is 0.638. The Bertz CT molecular complexity index is 160. The second-order valence-corrected chi connectivity index (χ2v) is 4.17. The van der Waals surface area contributed by atoms with E-state index in [4.69, 9.17) is 0 Å². The van der Waals surface area contributed by atoms with Gasteiger partial charge < -0.3 is 4.90 Å². The second-order valence-electron chi connectivity index (χ2n) is 4.17. The van der Waals surface area contributed by atoms with E-state index in [1.807, 2.05) is 0 Å². The predicted molar refractivity (Wildman–Crippen MR) is 54.0 cm³/mol. The monoisotopic (exact) mass is 167 g/mol. The van der Waals surface area contributed by atoms with Crippen molar-refractivity contribution in [2.24, 2.45) is 5.92 Å². The topological polar surface area (TPSA) is 3.24 Å². The van der Waals surface area contributed by atoms with Gasteiger partial charge in [-0.3, -0.25) is 0 Å². The third-order valence-corrected chi connectivity index (χ3v) is 2.71. The van der Waals surface area contributed by atoms with Crippen LogP contribution in [0.5, 0.6) is 0 Å². The average Bonchev–Trinajstić information content (AvgIpc) is 2.32. The molecule has 0 amide bonds. The van der Waals surface area contributed by atoms with Crippen molar-refractivity contribution in [1.82, 2.24) is 4.90 Å². The van der Waals surface area contributed by atoms with Gasteiger partial charge in [0, 0.05) is 18.3 Å². The van der Waals surface area contributed by atoms with Crippen LogP contribution in [0.15, 0.2) is 12.3 Å². The van der Waals surface area contributed by atoms with E-state index in [1.165, 1.54) is 31.5 Å². The molecule has 12 heavy (non-hydrogen) atoms. The number of nitrogens with zero attached hydrogens (tertiary/aromatic N) is 1. The van der Waals surface area contributed by atoms with E-state index in [-0.39, 0.29) is 0 Å². The molecule has 0 aliphatic carbocycles. The van der Waals surface area contributed by atoms with Crippen molar-refractivity contribution in [3.63, 3.8) is 0 Å². The summed E-state index contributed by atoms with van der Waals surface area (Å²) in [7, 11) is 0. The molecular weight excluding hydrogens is 146 g/mol. The van der Waals surface area contributed by atoms with Gasteiger partial charge in [0.2, 0.25) is 0 Å². The summed E-state index contributed by atoms with van der Waals surface area (Å²) in [5.74, 6) is 0.880. The van der Waals surface area contributed by atoms with Crippen LogP contribution in [0.4, 0.5) is 0 Å². The molecule has 0 aromatic rings. The van der Waals surface area contributed by atoms with Gasteiger partial charge in [0.25, 0.3) is 0 Å². The smallest absolute Gasteiger partial charge is 0.0230 e. The molecular formula is C11H21N. The highest BCUT2D eigenvalue weighted by molar-refractivity contribution is 5.03. The van der Waals surface area contributed by atoms with E-state index < -0.39 is 0 Å². The minimum Gasteiger partial charge on any atom is -0.373 e. The van der Waals surface area contributed by atoms with Crippen molar-refractivity contribution in [3.05, 3.63) is 12.3 Å². The van der Waals surface area contributed by atoms with Gasteiger partial charge in [-0.2, -0.15) is 0 Å². The number of likely N-dealkylation sites (tertiary alicyclic amines) is 1. The molecule has 0 spiro atoms. The molecule has 0 saturated carbocycles. The van der Waals surface area contributed by atoms with Crippen LogP contribution in [0.1, 0.15) is 40.0 Å². The maximum atomic E-state index is 4.12. The van der Waals surface area contributed by atoms with Gasteiger partial charge in [-0.05, 0) is 32.6 Å². The fourth-order valence-corrected chi connectivity index (χ4v) is 2.10. The molecule has 1 aliphatic heterocycles. The maximum absolute atomic E-state index is 4.12. The molecule has 1 heteroatoms. The third-order valence-electron chi connectivity index (χ3n) is 2.71. The number of hydrogen-bond acceptors (Lipinski definition) is 1. The molecule has 1 unspecified atom stereocenters. The van der Waals surface area contributed by atoms with Crippen LogP contribution < -0.4 is 0 Å². The fraction of sp³-hybridized carbons (Fsp3) is 0.818. The summed E-state index contributed by atoms with van der Waals surface area (Å²) in [4.78, 5) is 2.44. The number of allylic oxidation sites excluding steroid dienone is 1. The molecule has 1 heterocycles. The molecule has 1 nitrogen and oxygen atoms in total. The Kier molecular flexibility index (Phi) is 3.19. The number of rotatable bonds is 3. The van der Waals surface area contributed by atoms with Gasteiger partial charge >= 0.3 is 0 Å². The highest BCUT2D eigenvalue weighted by Crippen LogP contribution is 2.29. The van der Waals surface area contributed by atoms with E-state index in [2.05, 4.69) is 32.3 Å². The fourth-order valence-electron chi connectivity index (χ4n) is 2.10. The summed E-state index contributed by atoms with van der Waals surface area (Å²) in [5, 5.41) is 0. The van der Waals surface area contributed by atoms with Crippen molar-refractivity contribution in [2.45, 2.75) is 46.1 Å². The van der Waals surface area contributed by atoms with Gasteiger partial charge in [0.1, 0.15) is 0 Å². The lowest BCUT2D eigenvalue weighted by molar-refractivity contribution is 0.300. The van der Waals surface area contributed by atoms with Crippen LogP contribution in [0.3, 0.4) is 0 Å². The van der Waals surface area contributed by atoms with Gasteiger partial charge in [0.05, 0.1) is 0 Å². The Balaban J connectivity index is 2.45. The highest BCUT2D eigenvalue weighted by Gasteiger charge is 2.25. The Morgan fingerprint density at radius 2 is 2.25 bits per heavy atom. The zero-order valence-corrected chi connectivity index (χ0v) is 8.64. The van der Waals surface area contributed by atoms with Gasteiger partial charge in [-0.15, -0.1) is 0 Å². The molecule has 70 valence electrons. The molecule has 1 saturated heterocycles. The molecule has 0 radical (unpaired) electrons. The SMILES string of the molecule is C=C1CC(CCC)CN1C(C)C. The van der Waals surface area contributed by atoms with Crippen LogP contribution in [0.25, 0.3) is 0 Å². The van der Waals surface area contributed by atoms with E-state index >= 15 is 0 Å². The molecule has 1 fully saturated rings. The molecule has 0 N–H and O–H groups in total. The van der Waals surface area contributed by atoms with E-state index in [1.54, 1.807) is 0 Å². The summed E-state index contributed by atoms with van der Waals surface area (Å²) >= 11 is 0. The van der Waals surface area contributed by atoms with Crippen LogP contribution in [0.2, 0.25) is 0 Å². The Hall–Kier alpha value is -0.460. The van der Waals surface area contributed by atoms with Crippen molar-refractivity contribution in [1.29, 1.82) is 0 Å². The quantitative estimate of drug-likeness (QED) is 0.624. The Labute approximate surface area is 76.5 Å². The van der Waals surface area contributed by atoms with Gasteiger partial charge in [-0.25, -0.2) is 0 Å². The molecule has 1 rings (SSSR count). The van der Waals surface area contributed by atoms with Crippen LogP contribution in [-0.2, 0) is 0 Å². The highest BCUT2D eigenvalue weighted by atomic mass is 15.2. The lowest BCUT2D eigenvalue weighted by Crippen LogP contribution is -2.26. The summed E-state index contributed by atoms with van der Waals surface area (Å²) in [6, 6.07) is 0.638. The van der Waals surface area contributed by atoms with E-state index in [9.17, 15) is 0 Å². The molecule has 1 aliphatic rings. The van der Waals surface area contributed by atoms with Gasteiger partial charge in [0.15, 0.2) is 0 Å². The van der Waals surface area contributed by atoms with E-state index in [0.29, 0.717) is 6.04 Å². The molecule has 0 aromatic heterocycles.